The Kier molecular flexibility index (Phi) is 4.53. The van der Waals surface area contributed by atoms with Crippen LogP contribution in [0.15, 0.2) is 42.5 Å². The summed E-state index contributed by atoms with van der Waals surface area (Å²) in [5.41, 5.74) is 8.45. The molecule has 0 aliphatic carbocycles. The van der Waals surface area contributed by atoms with Gasteiger partial charge >= 0.3 is 0 Å². The van der Waals surface area contributed by atoms with Gasteiger partial charge in [-0.05, 0) is 47.4 Å². The molecule has 0 bridgehead atoms. The third-order valence-electron chi connectivity index (χ3n) is 2.93. The second-order valence-electron chi connectivity index (χ2n) is 4.38. The van der Waals surface area contributed by atoms with Crippen LogP contribution in [-0.4, -0.2) is 6.61 Å². The van der Waals surface area contributed by atoms with Crippen molar-refractivity contribution in [3.05, 3.63) is 53.8 Å². The van der Waals surface area contributed by atoms with Crippen molar-refractivity contribution in [2.75, 3.05) is 6.61 Å². The minimum absolute atomic E-state index is 0.257. The van der Waals surface area contributed by atoms with E-state index in [4.69, 9.17) is 10.5 Å². The molecule has 0 spiro atoms. The molecule has 2 N–H and O–H groups in total. The van der Waals surface area contributed by atoms with Crippen LogP contribution in [-0.2, 0) is 6.54 Å². The van der Waals surface area contributed by atoms with Crippen molar-refractivity contribution < 1.29 is 9.13 Å². The number of rotatable bonds is 5. The van der Waals surface area contributed by atoms with Crippen LogP contribution in [0, 0.1) is 5.82 Å². The van der Waals surface area contributed by atoms with Crippen molar-refractivity contribution in [2.24, 2.45) is 5.73 Å². The highest BCUT2D eigenvalue weighted by Crippen LogP contribution is 2.26. The summed E-state index contributed by atoms with van der Waals surface area (Å²) in [5, 5.41) is 0. The summed E-state index contributed by atoms with van der Waals surface area (Å²) in [5.74, 6) is 0.592. The van der Waals surface area contributed by atoms with Crippen molar-refractivity contribution in [3.63, 3.8) is 0 Å². The van der Waals surface area contributed by atoms with Crippen molar-refractivity contribution in [1.29, 1.82) is 0 Å². The lowest BCUT2D eigenvalue weighted by atomic mass is 9.99. The monoisotopic (exact) mass is 259 g/mol. The maximum atomic E-state index is 13.2. The fourth-order valence-corrected chi connectivity index (χ4v) is 1.96. The average Bonchev–Trinajstić information content (AvgIpc) is 2.45. The molecule has 0 heterocycles. The molecule has 0 aliphatic heterocycles. The Morgan fingerprint density at radius 3 is 2.47 bits per heavy atom. The topological polar surface area (TPSA) is 35.2 Å². The van der Waals surface area contributed by atoms with Gasteiger partial charge in [-0.15, -0.1) is 0 Å². The molecule has 0 atom stereocenters. The minimum Gasteiger partial charge on any atom is -0.494 e. The molecule has 2 nitrogen and oxygen atoms in total. The van der Waals surface area contributed by atoms with Crippen LogP contribution >= 0.6 is 0 Å². The van der Waals surface area contributed by atoms with Crippen molar-refractivity contribution in [2.45, 2.75) is 19.9 Å². The third-order valence-corrected chi connectivity index (χ3v) is 2.93. The Labute approximate surface area is 113 Å². The summed E-state index contributed by atoms with van der Waals surface area (Å²) >= 11 is 0. The van der Waals surface area contributed by atoms with E-state index < -0.39 is 0 Å². The molecule has 0 amide bonds. The number of ether oxygens (including phenoxy) is 1. The molecule has 0 radical (unpaired) electrons. The van der Waals surface area contributed by atoms with Crippen LogP contribution < -0.4 is 10.5 Å². The number of halogens is 1. The molecule has 0 saturated carbocycles. The first-order valence-corrected chi connectivity index (χ1v) is 6.46. The number of hydrogen-bond donors (Lipinski definition) is 1. The second-order valence-corrected chi connectivity index (χ2v) is 4.38. The summed E-state index contributed by atoms with van der Waals surface area (Å²) in [6.07, 6.45) is 0.983. The molecule has 2 aromatic carbocycles. The second kappa shape index (κ2) is 6.34. The predicted octanol–water partition coefficient (Wildman–Crippen LogP) is 3.74. The summed E-state index contributed by atoms with van der Waals surface area (Å²) in [7, 11) is 0. The van der Waals surface area contributed by atoms with Crippen LogP contribution in [0.4, 0.5) is 4.39 Å². The van der Waals surface area contributed by atoms with Gasteiger partial charge in [-0.3, -0.25) is 0 Å². The minimum atomic E-state index is -0.257. The third kappa shape index (κ3) is 3.32. The molecule has 3 heteroatoms. The van der Waals surface area contributed by atoms with E-state index in [1.165, 1.54) is 12.1 Å². The van der Waals surface area contributed by atoms with Crippen molar-refractivity contribution in [1.82, 2.24) is 0 Å². The lowest BCUT2D eigenvalue weighted by Crippen LogP contribution is -2.00. The van der Waals surface area contributed by atoms with Gasteiger partial charge in [-0.25, -0.2) is 4.39 Å². The molecular weight excluding hydrogens is 241 g/mol. The Bertz CT molecular complexity index is 537. The zero-order valence-corrected chi connectivity index (χ0v) is 11.0. The molecule has 2 rings (SSSR count). The highest BCUT2D eigenvalue weighted by molar-refractivity contribution is 5.68. The zero-order valence-electron chi connectivity index (χ0n) is 11.0. The summed E-state index contributed by atoms with van der Waals surface area (Å²) in [6.45, 7) is 3.10. The highest BCUT2D eigenvalue weighted by Gasteiger charge is 2.05. The summed E-state index contributed by atoms with van der Waals surface area (Å²) < 4.78 is 18.7. The predicted molar refractivity (Wildman–Crippen MR) is 75.5 cm³/mol. The van der Waals surface area contributed by atoms with Crippen LogP contribution in [0.5, 0.6) is 5.75 Å². The van der Waals surface area contributed by atoms with E-state index in [-0.39, 0.29) is 5.82 Å². The van der Waals surface area contributed by atoms with Gasteiger partial charge in [-0.2, -0.15) is 0 Å². The van der Waals surface area contributed by atoms with E-state index in [1.807, 2.05) is 24.3 Å². The maximum Gasteiger partial charge on any atom is 0.123 e. The fraction of sp³-hybridized carbons (Fsp3) is 0.250. The molecule has 0 unspecified atom stereocenters. The lowest BCUT2D eigenvalue weighted by molar-refractivity contribution is 0.317. The molecule has 0 saturated heterocycles. The normalized spacial score (nSPS) is 10.5. The van der Waals surface area contributed by atoms with Gasteiger partial charge in [0.05, 0.1) is 6.61 Å². The molecule has 100 valence electrons. The van der Waals surface area contributed by atoms with Crippen LogP contribution in [0.25, 0.3) is 11.1 Å². The van der Waals surface area contributed by atoms with Crippen LogP contribution in [0.3, 0.4) is 0 Å². The van der Waals surface area contributed by atoms with Gasteiger partial charge in [-0.1, -0.05) is 25.1 Å². The fourth-order valence-electron chi connectivity index (χ4n) is 1.96. The highest BCUT2D eigenvalue weighted by atomic mass is 19.1. The van der Waals surface area contributed by atoms with Gasteiger partial charge in [0.1, 0.15) is 11.6 Å². The molecule has 2 aromatic rings. The first-order chi connectivity index (χ1) is 9.24. The maximum absolute atomic E-state index is 13.2. The summed E-state index contributed by atoms with van der Waals surface area (Å²) in [4.78, 5) is 0. The van der Waals surface area contributed by atoms with E-state index in [2.05, 4.69) is 6.92 Å². The molecule has 0 aromatic heterocycles. The van der Waals surface area contributed by atoms with Gasteiger partial charge < -0.3 is 10.5 Å². The first kappa shape index (κ1) is 13.6. The number of benzene rings is 2. The zero-order chi connectivity index (χ0) is 13.7. The standard InChI is InChI=1S/C16H18FNO/c1-2-9-19-15-6-3-12(4-7-15)16-8-5-14(17)10-13(16)11-18/h3-8,10H,2,9,11,18H2,1H3. The average molecular weight is 259 g/mol. The molecule has 19 heavy (non-hydrogen) atoms. The van der Waals surface area contributed by atoms with E-state index >= 15 is 0 Å². The van der Waals surface area contributed by atoms with E-state index in [0.29, 0.717) is 13.2 Å². The van der Waals surface area contributed by atoms with Gasteiger partial charge in [0, 0.05) is 6.54 Å². The molecular formula is C16H18FNO. The quantitative estimate of drug-likeness (QED) is 0.887. The SMILES string of the molecule is CCCOc1ccc(-c2ccc(F)cc2CN)cc1. The van der Waals surface area contributed by atoms with Gasteiger partial charge in [0.15, 0.2) is 0 Å². The van der Waals surface area contributed by atoms with Crippen LogP contribution in [0.2, 0.25) is 0 Å². The Balaban J connectivity index is 2.26. The first-order valence-electron chi connectivity index (χ1n) is 6.46. The largest absolute Gasteiger partial charge is 0.494 e. The Morgan fingerprint density at radius 2 is 1.84 bits per heavy atom. The van der Waals surface area contributed by atoms with Crippen LogP contribution in [0.1, 0.15) is 18.9 Å². The Hall–Kier alpha value is -1.87. The summed E-state index contributed by atoms with van der Waals surface area (Å²) in [6, 6.07) is 12.5. The lowest BCUT2D eigenvalue weighted by Gasteiger charge is -2.10. The number of hydrogen-bond acceptors (Lipinski definition) is 2. The van der Waals surface area contributed by atoms with Gasteiger partial charge in [0.25, 0.3) is 0 Å². The van der Waals surface area contributed by atoms with E-state index in [0.717, 1.165) is 28.9 Å². The Morgan fingerprint density at radius 1 is 1.11 bits per heavy atom. The van der Waals surface area contributed by atoms with E-state index in [9.17, 15) is 4.39 Å². The number of nitrogens with two attached hydrogens (primary N) is 1. The smallest absolute Gasteiger partial charge is 0.123 e. The van der Waals surface area contributed by atoms with Crippen molar-refractivity contribution in [3.8, 4) is 16.9 Å². The van der Waals surface area contributed by atoms with Gasteiger partial charge in [0.2, 0.25) is 0 Å². The molecule has 0 fully saturated rings. The van der Waals surface area contributed by atoms with E-state index in [1.54, 1.807) is 6.07 Å². The van der Waals surface area contributed by atoms with Crippen molar-refractivity contribution >= 4 is 0 Å². The molecule has 0 aliphatic rings.